The normalized spacial score (nSPS) is 21.0. The second kappa shape index (κ2) is 6.82. The van der Waals surface area contributed by atoms with Crippen LogP contribution in [0.3, 0.4) is 0 Å². The van der Waals surface area contributed by atoms with Crippen LogP contribution in [-0.2, 0) is 6.54 Å². The fourth-order valence-corrected chi connectivity index (χ4v) is 3.49. The van der Waals surface area contributed by atoms with E-state index in [1.165, 1.54) is 5.39 Å². The zero-order valence-electron chi connectivity index (χ0n) is 14.1. The molecule has 0 radical (unpaired) electrons. The number of nitrogens with zero attached hydrogens (tertiary/aromatic N) is 4. The van der Waals surface area contributed by atoms with Crippen LogP contribution in [0.5, 0.6) is 5.75 Å². The highest BCUT2D eigenvalue weighted by molar-refractivity contribution is 5.88. The fraction of sp³-hybridized carbons (Fsp3) is 0.368. The zero-order valence-corrected chi connectivity index (χ0v) is 14.1. The monoisotopic (exact) mass is 338 g/mol. The topological polar surface area (TPSA) is 63.4 Å². The molecule has 1 aliphatic rings. The first-order valence-corrected chi connectivity index (χ1v) is 8.61. The minimum Gasteiger partial charge on any atom is -0.492 e. The Kier molecular flexibility index (Phi) is 4.38. The first-order valence-electron chi connectivity index (χ1n) is 8.61. The molecule has 2 heterocycles. The van der Waals surface area contributed by atoms with Crippen LogP contribution in [0.1, 0.15) is 6.42 Å². The molecule has 0 amide bonds. The van der Waals surface area contributed by atoms with Crippen molar-refractivity contribution in [3.8, 4) is 5.75 Å². The van der Waals surface area contributed by atoms with Gasteiger partial charge in [-0.15, -0.1) is 5.10 Å². The van der Waals surface area contributed by atoms with E-state index in [2.05, 4.69) is 33.4 Å². The molecule has 25 heavy (non-hydrogen) atoms. The highest BCUT2D eigenvalue weighted by Crippen LogP contribution is 2.26. The molecule has 1 saturated heterocycles. The smallest absolute Gasteiger partial charge is 0.127 e. The molecule has 1 atom stereocenters. The highest BCUT2D eigenvalue weighted by Gasteiger charge is 2.36. The predicted octanol–water partition coefficient (Wildman–Crippen LogP) is 1.95. The van der Waals surface area contributed by atoms with Crippen molar-refractivity contribution in [1.29, 1.82) is 0 Å². The first kappa shape index (κ1) is 16.1. The van der Waals surface area contributed by atoms with E-state index in [1.807, 2.05) is 24.3 Å². The Hall–Kier alpha value is -2.44. The summed E-state index contributed by atoms with van der Waals surface area (Å²) in [6.45, 7) is 3.37. The fourth-order valence-electron chi connectivity index (χ4n) is 3.49. The maximum Gasteiger partial charge on any atom is 0.127 e. The summed E-state index contributed by atoms with van der Waals surface area (Å²) in [6.07, 6.45) is 4.15. The lowest BCUT2D eigenvalue weighted by Gasteiger charge is -2.23. The molecule has 4 rings (SSSR count). The van der Waals surface area contributed by atoms with Gasteiger partial charge in [-0.2, -0.15) is 0 Å². The van der Waals surface area contributed by atoms with Gasteiger partial charge in [-0.05, 0) is 17.9 Å². The molecule has 6 nitrogen and oxygen atoms in total. The quantitative estimate of drug-likeness (QED) is 0.744. The van der Waals surface area contributed by atoms with Gasteiger partial charge in [0.25, 0.3) is 0 Å². The number of likely N-dealkylation sites (tertiary alicyclic amines) is 1. The van der Waals surface area contributed by atoms with Crippen molar-refractivity contribution in [2.24, 2.45) is 0 Å². The van der Waals surface area contributed by atoms with Gasteiger partial charge in [0.15, 0.2) is 0 Å². The Morgan fingerprint density at radius 1 is 1.16 bits per heavy atom. The average molecular weight is 338 g/mol. The lowest BCUT2D eigenvalue weighted by Crippen LogP contribution is -2.38. The lowest BCUT2D eigenvalue weighted by molar-refractivity contribution is 0.0271. The minimum absolute atomic E-state index is 0.480. The number of hydrogen-bond donors (Lipinski definition) is 1. The van der Waals surface area contributed by atoms with E-state index in [0.29, 0.717) is 19.7 Å². The van der Waals surface area contributed by atoms with Crippen molar-refractivity contribution in [3.63, 3.8) is 0 Å². The van der Waals surface area contributed by atoms with Gasteiger partial charge < -0.3 is 9.84 Å². The molecule has 0 spiro atoms. The van der Waals surface area contributed by atoms with Gasteiger partial charge in [0.1, 0.15) is 12.4 Å². The van der Waals surface area contributed by atoms with Crippen molar-refractivity contribution in [2.45, 2.75) is 18.6 Å². The zero-order chi connectivity index (χ0) is 17.1. The molecule has 1 aromatic heterocycles. The van der Waals surface area contributed by atoms with Crippen LogP contribution >= 0.6 is 0 Å². The molecule has 1 unspecified atom stereocenters. The Balaban J connectivity index is 1.32. The molecule has 130 valence electrons. The Labute approximate surface area is 146 Å². The number of hydrogen-bond acceptors (Lipinski definition) is 5. The maximum atomic E-state index is 10.7. The van der Waals surface area contributed by atoms with Gasteiger partial charge in [-0.3, -0.25) is 4.90 Å². The molecular formula is C19H22N4O2. The molecular weight excluding hydrogens is 316 g/mol. The molecule has 1 aliphatic heterocycles. The van der Waals surface area contributed by atoms with Gasteiger partial charge in [-0.1, -0.05) is 41.6 Å². The summed E-state index contributed by atoms with van der Waals surface area (Å²) in [5.41, 5.74) is -0.743. The standard InChI is InChI=1S/C19H22N4O2/c24-19(15-23-11-9-20-21-23)8-10-22(14-19)12-13-25-18-7-3-5-16-4-1-2-6-17(16)18/h1-7,9,11,24H,8,10,12-15H2. The number of aromatic nitrogens is 3. The molecule has 1 fully saturated rings. The third-order valence-corrected chi connectivity index (χ3v) is 4.75. The second-order valence-electron chi connectivity index (χ2n) is 6.68. The third kappa shape index (κ3) is 3.65. The maximum absolute atomic E-state index is 10.7. The molecule has 0 saturated carbocycles. The van der Waals surface area contributed by atoms with Crippen LogP contribution < -0.4 is 4.74 Å². The summed E-state index contributed by atoms with van der Waals surface area (Å²) in [6, 6.07) is 14.3. The Morgan fingerprint density at radius 3 is 2.92 bits per heavy atom. The van der Waals surface area contributed by atoms with E-state index in [4.69, 9.17) is 4.74 Å². The lowest BCUT2D eigenvalue weighted by atomic mass is 10.0. The molecule has 0 bridgehead atoms. The van der Waals surface area contributed by atoms with Crippen LogP contribution in [0, 0.1) is 0 Å². The molecule has 3 aromatic rings. The number of aliphatic hydroxyl groups is 1. The third-order valence-electron chi connectivity index (χ3n) is 4.75. The van der Waals surface area contributed by atoms with Crippen molar-refractivity contribution in [3.05, 3.63) is 54.9 Å². The number of β-amino-alcohol motifs (C(OH)–C–C–N with tert-alkyl or cyclic N) is 1. The summed E-state index contributed by atoms with van der Waals surface area (Å²) in [5, 5.41) is 20.8. The van der Waals surface area contributed by atoms with Crippen molar-refractivity contribution in [2.75, 3.05) is 26.2 Å². The SMILES string of the molecule is OC1(Cn2ccnn2)CCN(CCOc2cccc3ccccc23)C1. The van der Waals surface area contributed by atoms with Crippen LogP contribution in [0.15, 0.2) is 54.9 Å². The number of fused-ring (bicyclic) bond motifs is 1. The summed E-state index contributed by atoms with van der Waals surface area (Å²) >= 11 is 0. The molecule has 0 aliphatic carbocycles. The molecule has 6 heteroatoms. The Morgan fingerprint density at radius 2 is 2.04 bits per heavy atom. The first-order chi connectivity index (χ1) is 12.2. The van der Waals surface area contributed by atoms with Gasteiger partial charge in [0.05, 0.1) is 18.3 Å². The van der Waals surface area contributed by atoms with E-state index in [0.717, 1.165) is 30.6 Å². The van der Waals surface area contributed by atoms with E-state index in [-0.39, 0.29) is 0 Å². The number of benzene rings is 2. The van der Waals surface area contributed by atoms with Crippen molar-refractivity contribution >= 4 is 10.8 Å². The van der Waals surface area contributed by atoms with Crippen LogP contribution in [0.25, 0.3) is 10.8 Å². The van der Waals surface area contributed by atoms with E-state index in [1.54, 1.807) is 17.1 Å². The van der Waals surface area contributed by atoms with Gasteiger partial charge >= 0.3 is 0 Å². The Bertz CT molecular complexity index is 831. The van der Waals surface area contributed by atoms with Crippen molar-refractivity contribution in [1.82, 2.24) is 19.9 Å². The van der Waals surface area contributed by atoms with E-state index >= 15 is 0 Å². The van der Waals surface area contributed by atoms with Crippen molar-refractivity contribution < 1.29 is 9.84 Å². The summed E-state index contributed by atoms with van der Waals surface area (Å²) in [5.74, 6) is 0.912. The van der Waals surface area contributed by atoms with Crippen LogP contribution in [-0.4, -0.2) is 56.8 Å². The van der Waals surface area contributed by atoms with Gasteiger partial charge in [-0.25, -0.2) is 4.68 Å². The summed E-state index contributed by atoms with van der Waals surface area (Å²) < 4.78 is 7.69. The largest absolute Gasteiger partial charge is 0.492 e. The summed E-state index contributed by atoms with van der Waals surface area (Å²) in [7, 11) is 0. The molecule has 1 N–H and O–H groups in total. The van der Waals surface area contributed by atoms with E-state index < -0.39 is 5.60 Å². The van der Waals surface area contributed by atoms with E-state index in [9.17, 15) is 5.11 Å². The van der Waals surface area contributed by atoms with Crippen LogP contribution in [0.4, 0.5) is 0 Å². The van der Waals surface area contributed by atoms with Gasteiger partial charge in [0, 0.05) is 31.2 Å². The van der Waals surface area contributed by atoms with Crippen LogP contribution in [0.2, 0.25) is 0 Å². The summed E-state index contributed by atoms with van der Waals surface area (Å²) in [4.78, 5) is 2.24. The average Bonchev–Trinajstić information content (AvgIpc) is 3.25. The highest BCUT2D eigenvalue weighted by atomic mass is 16.5. The predicted molar refractivity (Wildman–Crippen MR) is 95.5 cm³/mol. The van der Waals surface area contributed by atoms with Gasteiger partial charge in [0.2, 0.25) is 0 Å². The second-order valence-corrected chi connectivity index (χ2v) is 6.68. The number of ether oxygens (including phenoxy) is 1. The number of rotatable bonds is 6. The minimum atomic E-state index is -0.743. The molecule has 2 aromatic carbocycles.